The molecule has 1 aromatic carbocycles. The van der Waals surface area contributed by atoms with Gasteiger partial charge in [-0.05, 0) is 30.3 Å². The molecule has 0 aliphatic heterocycles. The molecule has 0 aliphatic carbocycles. The Morgan fingerprint density at radius 3 is 2.62 bits per heavy atom. The van der Waals surface area contributed by atoms with Crippen molar-refractivity contribution in [1.82, 2.24) is 14.5 Å². The number of aromatic nitrogens is 3. The summed E-state index contributed by atoms with van der Waals surface area (Å²) in [6, 6.07) is 11.9. The van der Waals surface area contributed by atoms with Crippen LogP contribution in [0.2, 0.25) is 0 Å². The quantitative estimate of drug-likeness (QED) is 0.732. The molecule has 2 N–H and O–H groups in total. The summed E-state index contributed by atoms with van der Waals surface area (Å²) in [6.45, 7) is 7.24. The van der Waals surface area contributed by atoms with Crippen LogP contribution in [-0.4, -0.2) is 14.5 Å². The highest BCUT2D eigenvalue weighted by atomic mass is 15.1. The minimum atomic E-state index is -0.0391. The maximum Gasteiger partial charge on any atom is 0.115 e. The molecule has 0 unspecified atom stereocenters. The van der Waals surface area contributed by atoms with E-state index in [-0.39, 0.29) is 5.41 Å². The first kappa shape index (κ1) is 13.6. The number of fused-ring (bicyclic) bond motifs is 1. The van der Waals surface area contributed by atoms with Gasteiger partial charge in [-0.3, -0.25) is 4.98 Å². The van der Waals surface area contributed by atoms with Gasteiger partial charge in [0.15, 0.2) is 0 Å². The van der Waals surface area contributed by atoms with Gasteiger partial charge in [0.1, 0.15) is 5.82 Å². The van der Waals surface area contributed by atoms with Crippen molar-refractivity contribution in [3.63, 3.8) is 0 Å². The third-order valence-corrected chi connectivity index (χ3v) is 3.49. The normalized spacial score (nSPS) is 12.0. The summed E-state index contributed by atoms with van der Waals surface area (Å²) in [5.74, 6) is 1.05. The average molecular weight is 280 g/mol. The number of anilines is 1. The van der Waals surface area contributed by atoms with Crippen LogP contribution in [0.15, 0.2) is 42.6 Å². The van der Waals surface area contributed by atoms with Crippen LogP contribution in [0.25, 0.3) is 11.0 Å². The van der Waals surface area contributed by atoms with Crippen molar-refractivity contribution in [2.24, 2.45) is 0 Å². The van der Waals surface area contributed by atoms with Crippen LogP contribution >= 0.6 is 0 Å². The van der Waals surface area contributed by atoms with E-state index in [1.54, 1.807) is 0 Å². The molecule has 0 spiro atoms. The van der Waals surface area contributed by atoms with E-state index in [0.29, 0.717) is 6.54 Å². The molecule has 4 heteroatoms. The second kappa shape index (κ2) is 4.88. The van der Waals surface area contributed by atoms with Gasteiger partial charge in [0, 0.05) is 17.3 Å². The Hall–Kier alpha value is -2.36. The van der Waals surface area contributed by atoms with E-state index < -0.39 is 0 Å². The summed E-state index contributed by atoms with van der Waals surface area (Å²) in [5, 5.41) is 0. The second-order valence-corrected chi connectivity index (χ2v) is 6.34. The van der Waals surface area contributed by atoms with Crippen LogP contribution in [0.4, 0.5) is 5.69 Å². The lowest BCUT2D eigenvalue weighted by molar-refractivity contribution is 0.515. The molecule has 21 heavy (non-hydrogen) atoms. The van der Waals surface area contributed by atoms with Gasteiger partial charge in [-0.1, -0.05) is 26.8 Å². The molecule has 3 aromatic rings. The van der Waals surface area contributed by atoms with Crippen LogP contribution in [0.3, 0.4) is 0 Å². The van der Waals surface area contributed by atoms with E-state index in [4.69, 9.17) is 10.7 Å². The van der Waals surface area contributed by atoms with Gasteiger partial charge >= 0.3 is 0 Å². The van der Waals surface area contributed by atoms with Crippen molar-refractivity contribution in [3.8, 4) is 0 Å². The van der Waals surface area contributed by atoms with Crippen molar-refractivity contribution >= 4 is 16.7 Å². The van der Waals surface area contributed by atoms with Crippen LogP contribution in [0.5, 0.6) is 0 Å². The van der Waals surface area contributed by atoms with E-state index in [9.17, 15) is 0 Å². The van der Waals surface area contributed by atoms with Crippen LogP contribution in [-0.2, 0) is 12.0 Å². The van der Waals surface area contributed by atoms with Crippen LogP contribution in [0.1, 0.15) is 32.3 Å². The maximum atomic E-state index is 5.88. The molecule has 0 aliphatic rings. The van der Waals surface area contributed by atoms with Gasteiger partial charge in [-0.15, -0.1) is 0 Å². The fourth-order valence-corrected chi connectivity index (χ4v) is 2.53. The zero-order chi connectivity index (χ0) is 15.0. The Balaban J connectivity index is 2.18. The van der Waals surface area contributed by atoms with Gasteiger partial charge in [-0.25, -0.2) is 4.98 Å². The molecule has 0 saturated carbocycles. The van der Waals surface area contributed by atoms with E-state index in [1.807, 2.05) is 42.6 Å². The predicted octanol–water partition coefficient (Wildman–Crippen LogP) is 3.36. The molecule has 0 bridgehead atoms. The fourth-order valence-electron chi connectivity index (χ4n) is 2.53. The summed E-state index contributed by atoms with van der Waals surface area (Å²) in [6.07, 6.45) is 1.82. The van der Waals surface area contributed by atoms with Gasteiger partial charge in [0.2, 0.25) is 0 Å². The van der Waals surface area contributed by atoms with Crippen molar-refractivity contribution < 1.29 is 0 Å². The number of imidazole rings is 1. The second-order valence-electron chi connectivity index (χ2n) is 6.34. The molecule has 4 nitrogen and oxygen atoms in total. The molecule has 0 saturated heterocycles. The van der Waals surface area contributed by atoms with Crippen LogP contribution in [0, 0.1) is 0 Å². The first-order valence-electron chi connectivity index (χ1n) is 7.11. The third-order valence-electron chi connectivity index (χ3n) is 3.49. The topological polar surface area (TPSA) is 56.7 Å². The number of nitrogens with zero attached hydrogens (tertiary/aromatic N) is 3. The monoisotopic (exact) mass is 280 g/mol. The summed E-state index contributed by atoms with van der Waals surface area (Å²) in [4.78, 5) is 9.22. The van der Waals surface area contributed by atoms with E-state index in [0.717, 1.165) is 28.2 Å². The lowest BCUT2D eigenvalue weighted by Gasteiger charge is -2.20. The molecule has 108 valence electrons. The van der Waals surface area contributed by atoms with E-state index in [2.05, 4.69) is 30.3 Å². The minimum absolute atomic E-state index is 0.0391. The number of benzene rings is 1. The zero-order valence-corrected chi connectivity index (χ0v) is 12.7. The van der Waals surface area contributed by atoms with E-state index in [1.165, 1.54) is 0 Å². The molecule has 2 aromatic heterocycles. The Bertz CT molecular complexity index is 767. The average Bonchev–Trinajstić information content (AvgIpc) is 2.78. The molecule has 2 heterocycles. The Kier molecular flexibility index (Phi) is 3.16. The number of pyridine rings is 1. The van der Waals surface area contributed by atoms with Gasteiger partial charge in [0.25, 0.3) is 0 Å². The molecule has 0 amide bonds. The number of rotatable bonds is 2. The third kappa shape index (κ3) is 2.61. The number of nitrogens with two attached hydrogens (primary N) is 1. The Morgan fingerprint density at radius 2 is 1.95 bits per heavy atom. The molecular formula is C17H20N4. The fraction of sp³-hybridized carbons (Fsp3) is 0.294. The highest BCUT2D eigenvalue weighted by Crippen LogP contribution is 2.28. The largest absolute Gasteiger partial charge is 0.399 e. The number of hydrogen-bond acceptors (Lipinski definition) is 3. The van der Waals surface area contributed by atoms with Crippen molar-refractivity contribution in [2.45, 2.75) is 32.7 Å². The summed E-state index contributed by atoms with van der Waals surface area (Å²) in [7, 11) is 0. The highest BCUT2D eigenvalue weighted by Gasteiger charge is 2.23. The maximum absolute atomic E-state index is 5.88. The highest BCUT2D eigenvalue weighted by molar-refractivity contribution is 5.80. The van der Waals surface area contributed by atoms with E-state index >= 15 is 0 Å². The standard InChI is InChI=1S/C17H20N4/c1-17(2,3)16-20-14-10-12(18)7-8-15(14)21(16)11-13-6-4-5-9-19-13/h4-10H,11,18H2,1-3H3. The predicted molar refractivity (Wildman–Crippen MR) is 86.2 cm³/mol. The van der Waals surface area contributed by atoms with Crippen molar-refractivity contribution in [2.75, 3.05) is 5.73 Å². The molecule has 0 atom stereocenters. The van der Waals surface area contributed by atoms with Crippen molar-refractivity contribution in [3.05, 3.63) is 54.1 Å². The lowest BCUT2D eigenvalue weighted by Crippen LogP contribution is -2.19. The molecule has 3 rings (SSSR count). The molecule has 0 radical (unpaired) electrons. The Morgan fingerprint density at radius 1 is 1.14 bits per heavy atom. The van der Waals surface area contributed by atoms with Crippen LogP contribution < -0.4 is 5.73 Å². The van der Waals surface area contributed by atoms with Crippen molar-refractivity contribution in [1.29, 1.82) is 0 Å². The lowest BCUT2D eigenvalue weighted by atomic mass is 9.95. The summed E-state index contributed by atoms with van der Waals surface area (Å²) >= 11 is 0. The minimum Gasteiger partial charge on any atom is -0.399 e. The SMILES string of the molecule is CC(C)(C)c1nc2cc(N)ccc2n1Cc1ccccn1. The summed E-state index contributed by atoms with van der Waals surface area (Å²) < 4.78 is 2.23. The summed E-state index contributed by atoms with van der Waals surface area (Å²) in [5.41, 5.74) is 9.65. The zero-order valence-electron chi connectivity index (χ0n) is 12.7. The van der Waals surface area contributed by atoms with Gasteiger partial charge in [0.05, 0.1) is 23.3 Å². The first-order valence-corrected chi connectivity index (χ1v) is 7.11. The first-order chi connectivity index (χ1) is 9.95. The molecule has 0 fully saturated rings. The number of nitrogen functional groups attached to an aromatic ring is 1. The number of hydrogen-bond donors (Lipinski definition) is 1. The van der Waals surface area contributed by atoms with Gasteiger partial charge in [-0.2, -0.15) is 0 Å². The Labute approximate surface area is 124 Å². The smallest absolute Gasteiger partial charge is 0.115 e. The molecular weight excluding hydrogens is 260 g/mol. The van der Waals surface area contributed by atoms with Gasteiger partial charge < -0.3 is 10.3 Å².